The fourth-order valence-corrected chi connectivity index (χ4v) is 2.24. The van der Waals surface area contributed by atoms with Crippen LogP contribution in [0.1, 0.15) is 12.0 Å². The molecule has 1 aliphatic rings. The van der Waals surface area contributed by atoms with Gasteiger partial charge >= 0.3 is 0 Å². The Kier molecular flexibility index (Phi) is 6.13. The van der Waals surface area contributed by atoms with Crippen molar-refractivity contribution in [3.05, 3.63) is 23.9 Å². The second kappa shape index (κ2) is 8.32. The zero-order chi connectivity index (χ0) is 15.8. The van der Waals surface area contributed by atoms with Gasteiger partial charge in [-0.05, 0) is 18.6 Å². The predicted molar refractivity (Wildman–Crippen MR) is 80.3 cm³/mol. The second-order valence-electron chi connectivity index (χ2n) is 5.01. The highest BCUT2D eigenvalue weighted by atomic mass is 16.5. The van der Waals surface area contributed by atoms with Crippen molar-refractivity contribution in [3.63, 3.8) is 0 Å². The Bertz CT molecular complexity index is 519. The van der Waals surface area contributed by atoms with E-state index >= 15 is 0 Å². The molecule has 0 bridgehead atoms. The van der Waals surface area contributed by atoms with Gasteiger partial charge in [-0.2, -0.15) is 5.26 Å². The van der Waals surface area contributed by atoms with Crippen molar-refractivity contribution in [2.45, 2.75) is 6.42 Å². The number of carbonyl (C=O) groups is 1. The quantitative estimate of drug-likeness (QED) is 0.744. The number of anilines is 1. The van der Waals surface area contributed by atoms with E-state index in [1.165, 1.54) is 0 Å². The lowest BCUT2D eigenvalue weighted by Gasteiger charge is -2.35. The highest BCUT2D eigenvalue weighted by molar-refractivity contribution is 5.77. The van der Waals surface area contributed by atoms with Gasteiger partial charge in [0.15, 0.2) is 0 Å². The number of rotatable bonds is 6. The summed E-state index contributed by atoms with van der Waals surface area (Å²) in [4.78, 5) is 20.1. The summed E-state index contributed by atoms with van der Waals surface area (Å²) in [5.74, 6) is 0.802. The number of amides is 1. The lowest BCUT2D eigenvalue weighted by molar-refractivity contribution is -0.136. The normalized spacial score (nSPS) is 14.7. The van der Waals surface area contributed by atoms with Crippen LogP contribution in [0.25, 0.3) is 0 Å². The number of hydrogen-bond donors (Lipinski definition) is 1. The molecule has 1 N–H and O–H groups in total. The first-order valence-corrected chi connectivity index (χ1v) is 7.32. The lowest BCUT2D eigenvalue weighted by atomic mass is 10.2. The van der Waals surface area contributed by atoms with Crippen LogP contribution >= 0.6 is 0 Å². The van der Waals surface area contributed by atoms with E-state index in [9.17, 15) is 4.79 Å². The van der Waals surface area contributed by atoms with Gasteiger partial charge < -0.3 is 19.6 Å². The maximum Gasteiger partial charge on any atom is 0.248 e. The molecule has 0 atom stereocenters. The smallest absolute Gasteiger partial charge is 0.248 e. The van der Waals surface area contributed by atoms with Crippen molar-refractivity contribution in [3.8, 4) is 6.07 Å². The van der Waals surface area contributed by atoms with Crippen LogP contribution in [0.5, 0.6) is 0 Å². The Morgan fingerprint density at radius 3 is 2.73 bits per heavy atom. The minimum Gasteiger partial charge on any atom is -0.396 e. The van der Waals surface area contributed by atoms with Gasteiger partial charge in [-0.1, -0.05) is 0 Å². The van der Waals surface area contributed by atoms with Crippen LogP contribution in [0, 0.1) is 11.3 Å². The molecule has 1 amide bonds. The fourth-order valence-electron chi connectivity index (χ4n) is 2.24. The number of nitriles is 1. The van der Waals surface area contributed by atoms with E-state index in [0.717, 1.165) is 5.82 Å². The number of aromatic nitrogens is 1. The monoisotopic (exact) mass is 304 g/mol. The minimum absolute atomic E-state index is 0.0228. The molecule has 7 heteroatoms. The van der Waals surface area contributed by atoms with Crippen LogP contribution in [-0.4, -0.2) is 66.9 Å². The summed E-state index contributed by atoms with van der Waals surface area (Å²) >= 11 is 0. The van der Waals surface area contributed by atoms with Crippen molar-refractivity contribution < 1.29 is 14.6 Å². The maximum absolute atomic E-state index is 12.0. The van der Waals surface area contributed by atoms with Crippen LogP contribution < -0.4 is 4.90 Å². The number of aliphatic hydroxyl groups excluding tert-OH is 1. The molecule has 0 unspecified atom stereocenters. The first-order valence-electron chi connectivity index (χ1n) is 7.32. The van der Waals surface area contributed by atoms with Crippen LogP contribution in [-0.2, 0) is 9.53 Å². The van der Waals surface area contributed by atoms with E-state index in [4.69, 9.17) is 15.1 Å². The zero-order valence-electron chi connectivity index (χ0n) is 12.4. The molecule has 118 valence electrons. The minimum atomic E-state index is -0.0228. The average Bonchev–Trinajstić information content (AvgIpc) is 2.59. The van der Waals surface area contributed by atoms with E-state index in [2.05, 4.69) is 9.88 Å². The van der Waals surface area contributed by atoms with Gasteiger partial charge in [0.1, 0.15) is 18.5 Å². The third-order valence-electron chi connectivity index (χ3n) is 3.51. The summed E-state index contributed by atoms with van der Waals surface area (Å²) in [6.07, 6.45) is 2.10. The largest absolute Gasteiger partial charge is 0.396 e. The van der Waals surface area contributed by atoms with Crippen molar-refractivity contribution in [1.82, 2.24) is 9.88 Å². The third kappa shape index (κ3) is 4.41. The Balaban J connectivity index is 1.77. The van der Waals surface area contributed by atoms with E-state index < -0.39 is 0 Å². The Labute approximate surface area is 129 Å². The summed E-state index contributed by atoms with van der Waals surface area (Å²) in [7, 11) is 0. The summed E-state index contributed by atoms with van der Waals surface area (Å²) in [6, 6.07) is 5.62. The highest BCUT2D eigenvalue weighted by Crippen LogP contribution is 2.14. The summed E-state index contributed by atoms with van der Waals surface area (Å²) in [5, 5.41) is 17.4. The van der Waals surface area contributed by atoms with Gasteiger partial charge in [0.25, 0.3) is 0 Å². The number of aliphatic hydroxyl groups is 1. The molecule has 1 fully saturated rings. The first-order chi connectivity index (χ1) is 10.7. The summed E-state index contributed by atoms with van der Waals surface area (Å²) in [6.45, 7) is 3.22. The first kappa shape index (κ1) is 16.2. The Hall–Kier alpha value is -2.17. The molecule has 0 aliphatic carbocycles. The number of carbonyl (C=O) groups excluding carboxylic acids is 1. The lowest BCUT2D eigenvalue weighted by Crippen LogP contribution is -2.50. The second-order valence-corrected chi connectivity index (χ2v) is 5.01. The molecular weight excluding hydrogens is 284 g/mol. The molecule has 0 spiro atoms. The Morgan fingerprint density at radius 2 is 2.14 bits per heavy atom. The maximum atomic E-state index is 12.0. The Morgan fingerprint density at radius 1 is 1.36 bits per heavy atom. The number of ether oxygens (including phenoxy) is 1. The molecule has 1 aromatic heterocycles. The SMILES string of the molecule is N#Cc1ccc(N2CCN(C(=O)COCCCO)CC2)nc1. The van der Waals surface area contributed by atoms with Crippen molar-refractivity contribution in [2.75, 3.05) is 50.9 Å². The number of nitrogens with zero attached hydrogens (tertiary/aromatic N) is 4. The van der Waals surface area contributed by atoms with E-state index in [1.807, 2.05) is 12.1 Å². The summed E-state index contributed by atoms with van der Waals surface area (Å²) < 4.78 is 5.22. The van der Waals surface area contributed by atoms with Crippen molar-refractivity contribution in [1.29, 1.82) is 5.26 Å². The topological polar surface area (TPSA) is 89.7 Å². The molecule has 1 saturated heterocycles. The highest BCUT2D eigenvalue weighted by Gasteiger charge is 2.21. The van der Waals surface area contributed by atoms with Gasteiger partial charge in [0.2, 0.25) is 5.91 Å². The van der Waals surface area contributed by atoms with Gasteiger partial charge in [-0.3, -0.25) is 4.79 Å². The van der Waals surface area contributed by atoms with E-state index in [-0.39, 0.29) is 19.1 Å². The molecule has 1 aromatic rings. The molecule has 22 heavy (non-hydrogen) atoms. The van der Waals surface area contributed by atoms with Crippen LogP contribution in [0.4, 0.5) is 5.82 Å². The molecule has 0 saturated carbocycles. The van der Waals surface area contributed by atoms with Crippen LogP contribution in [0.2, 0.25) is 0 Å². The summed E-state index contributed by atoms with van der Waals surface area (Å²) in [5.41, 5.74) is 0.539. The molecule has 1 aliphatic heterocycles. The number of piperazine rings is 1. The number of hydrogen-bond acceptors (Lipinski definition) is 6. The average molecular weight is 304 g/mol. The molecule has 2 heterocycles. The number of pyridine rings is 1. The molecule has 0 aromatic carbocycles. The molecular formula is C15H20N4O3. The van der Waals surface area contributed by atoms with Crippen molar-refractivity contribution >= 4 is 11.7 Å². The third-order valence-corrected chi connectivity index (χ3v) is 3.51. The van der Waals surface area contributed by atoms with Gasteiger partial charge in [0.05, 0.1) is 5.56 Å². The van der Waals surface area contributed by atoms with E-state index in [1.54, 1.807) is 17.2 Å². The van der Waals surface area contributed by atoms with Gasteiger partial charge in [-0.15, -0.1) is 0 Å². The molecule has 7 nitrogen and oxygen atoms in total. The van der Waals surface area contributed by atoms with Crippen molar-refractivity contribution in [2.24, 2.45) is 0 Å². The van der Waals surface area contributed by atoms with Gasteiger partial charge in [-0.25, -0.2) is 4.98 Å². The van der Waals surface area contributed by atoms with Crippen LogP contribution in [0.15, 0.2) is 18.3 Å². The molecule has 0 radical (unpaired) electrons. The predicted octanol–water partition coefficient (Wildman–Crippen LogP) is 0.000880. The van der Waals surface area contributed by atoms with E-state index in [0.29, 0.717) is 44.8 Å². The molecule has 2 rings (SSSR count). The van der Waals surface area contributed by atoms with Gasteiger partial charge in [0, 0.05) is 45.6 Å². The zero-order valence-corrected chi connectivity index (χ0v) is 12.4. The fraction of sp³-hybridized carbons (Fsp3) is 0.533. The van der Waals surface area contributed by atoms with Crippen LogP contribution in [0.3, 0.4) is 0 Å². The standard InChI is InChI=1S/C15H20N4O3/c16-10-13-2-3-14(17-11-13)18-4-6-19(7-5-18)15(21)12-22-9-1-8-20/h2-3,11,20H,1,4-9,12H2.